The molecule has 1 aliphatic heterocycles. The molecule has 1 unspecified atom stereocenters. The molecule has 1 fully saturated rings. The topological polar surface area (TPSA) is 69.8 Å². The van der Waals surface area contributed by atoms with Crippen LogP contribution in [0.15, 0.2) is 12.1 Å². The average Bonchev–Trinajstić information content (AvgIpc) is 3.29. The molecule has 0 aromatic carbocycles. The molecular weight excluding hydrogens is 370 g/mol. The average molecular weight is 410 g/mol. The Morgan fingerprint density at radius 3 is 2.41 bits per heavy atom. The van der Waals surface area contributed by atoms with E-state index in [2.05, 4.69) is 32.7 Å². The van der Waals surface area contributed by atoms with E-state index in [9.17, 15) is 4.79 Å². The highest BCUT2D eigenvalue weighted by Gasteiger charge is 2.56. The van der Waals surface area contributed by atoms with E-state index in [1.807, 2.05) is 6.07 Å². The summed E-state index contributed by atoms with van der Waals surface area (Å²) < 4.78 is 25.1. The van der Waals surface area contributed by atoms with E-state index in [-0.39, 0.29) is 18.3 Å². The van der Waals surface area contributed by atoms with Crippen molar-refractivity contribution >= 4 is 6.29 Å². The molecule has 0 spiro atoms. The lowest BCUT2D eigenvalue weighted by Crippen LogP contribution is -2.48. The van der Waals surface area contributed by atoms with E-state index in [0.717, 1.165) is 50.5 Å². The van der Waals surface area contributed by atoms with Crippen molar-refractivity contribution < 1.29 is 23.7 Å². The van der Waals surface area contributed by atoms with Gasteiger partial charge in [-0.3, -0.25) is 4.79 Å². The van der Waals surface area contributed by atoms with Gasteiger partial charge in [-0.05, 0) is 38.3 Å². The highest BCUT2D eigenvalue weighted by Crippen LogP contribution is 2.45. The Morgan fingerprint density at radius 2 is 1.76 bits per heavy atom. The molecule has 29 heavy (non-hydrogen) atoms. The van der Waals surface area contributed by atoms with Crippen LogP contribution in [0.1, 0.15) is 88.5 Å². The minimum Gasteiger partial charge on any atom is -0.379 e. The van der Waals surface area contributed by atoms with Crippen LogP contribution in [0.5, 0.6) is 0 Å². The van der Waals surface area contributed by atoms with Crippen molar-refractivity contribution in [3.05, 3.63) is 23.5 Å². The number of unbranched alkanes of at least 4 members (excludes halogenated alkanes) is 3. The van der Waals surface area contributed by atoms with Gasteiger partial charge in [0.25, 0.3) is 0 Å². The molecule has 166 valence electrons. The molecule has 1 aromatic heterocycles. The van der Waals surface area contributed by atoms with E-state index < -0.39 is 5.60 Å². The van der Waals surface area contributed by atoms with E-state index >= 15 is 0 Å². The SMILES string of the molecule is CCCCOC[C@H]1OC(c2ccc(C=O)[nH]2)[C@](C)(OCCCC)[C@@H]1OCCCC. The lowest BCUT2D eigenvalue weighted by Gasteiger charge is -2.35. The van der Waals surface area contributed by atoms with Crippen molar-refractivity contribution in [2.24, 2.45) is 0 Å². The van der Waals surface area contributed by atoms with Crippen LogP contribution in [-0.4, -0.2) is 55.5 Å². The fraction of sp³-hybridized carbons (Fsp3) is 0.783. The highest BCUT2D eigenvalue weighted by molar-refractivity contribution is 5.72. The van der Waals surface area contributed by atoms with Gasteiger partial charge in [-0.25, -0.2) is 0 Å². The largest absolute Gasteiger partial charge is 0.379 e. The number of carbonyl (C=O) groups excluding carboxylic acids is 1. The van der Waals surface area contributed by atoms with Gasteiger partial charge in [-0.15, -0.1) is 0 Å². The molecule has 2 rings (SSSR count). The summed E-state index contributed by atoms with van der Waals surface area (Å²) >= 11 is 0. The molecular formula is C23H39NO5. The van der Waals surface area contributed by atoms with Crippen molar-refractivity contribution in [1.29, 1.82) is 0 Å². The zero-order valence-electron chi connectivity index (χ0n) is 18.6. The normalized spacial score (nSPS) is 26.8. The summed E-state index contributed by atoms with van der Waals surface area (Å²) in [6, 6.07) is 3.68. The van der Waals surface area contributed by atoms with Crippen molar-refractivity contribution in [3.63, 3.8) is 0 Å². The highest BCUT2D eigenvalue weighted by atomic mass is 16.6. The van der Waals surface area contributed by atoms with E-state index in [1.165, 1.54) is 0 Å². The summed E-state index contributed by atoms with van der Waals surface area (Å²) in [5.41, 5.74) is 0.712. The number of aldehydes is 1. The molecule has 0 amide bonds. The third-order valence-electron chi connectivity index (χ3n) is 5.51. The Labute approximate surface area is 175 Å². The maximum atomic E-state index is 11.2. The van der Waals surface area contributed by atoms with Crippen LogP contribution in [0.25, 0.3) is 0 Å². The number of aromatic nitrogens is 1. The number of hydrogen-bond donors (Lipinski definition) is 1. The van der Waals surface area contributed by atoms with Crippen LogP contribution in [0.2, 0.25) is 0 Å². The minimum atomic E-state index is -0.660. The first kappa shape index (κ1) is 24.1. The Morgan fingerprint density at radius 1 is 1.07 bits per heavy atom. The summed E-state index contributed by atoms with van der Waals surface area (Å²) in [7, 11) is 0. The van der Waals surface area contributed by atoms with Gasteiger partial charge >= 0.3 is 0 Å². The van der Waals surface area contributed by atoms with Gasteiger partial charge < -0.3 is 23.9 Å². The summed E-state index contributed by atoms with van der Waals surface area (Å²) in [5.74, 6) is 0. The van der Waals surface area contributed by atoms with Crippen LogP contribution in [0.3, 0.4) is 0 Å². The smallest absolute Gasteiger partial charge is 0.166 e. The second kappa shape index (κ2) is 12.5. The Bertz CT molecular complexity index is 590. The molecule has 1 N–H and O–H groups in total. The van der Waals surface area contributed by atoms with Crippen LogP contribution >= 0.6 is 0 Å². The Hall–Kier alpha value is -1.21. The Kier molecular flexibility index (Phi) is 10.4. The van der Waals surface area contributed by atoms with Gasteiger partial charge in [0, 0.05) is 25.5 Å². The number of carbonyl (C=O) groups is 1. The molecule has 0 radical (unpaired) electrons. The second-order valence-electron chi connectivity index (χ2n) is 8.00. The molecule has 0 aliphatic carbocycles. The Balaban J connectivity index is 2.24. The van der Waals surface area contributed by atoms with Gasteiger partial charge in [0.2, 0.25) is 0 Å². The van der Waals surface area contributed by atoms with Crippen molar-refractivity contribution in [1.82, 2.24) is 4.98 Å². The van der Waals surface area contributed by atoms with Gasteiger partial charge in [-0.2, -0.15) is 0 Å². The molecule has 4 atom stereocenters. The number of hydrogen-bond acceptors (Lipinski definition) is 5. The molecule has 6 nitrogen and oxygen atoms in total. The maximum Gasteiger partial charge on any atom is 0.166 e. The van der Waals surface area contributed by atoms with Gasteiger partial charge in [0.15, 0.2) is 6.29 Å². The number of ether oxygens (including phenoxy) is 4. The summed E-state index contributed by atoms with van der Waals surface area (Å²) in [6.07, 6.45) is 6.24. The van der Waals surface area contributed by atoms with Crippen LogP contribution < -0.4 is 0 Å². The quantitative estimate of drug-likeness (QED) is 0.331. The first-order valence-corrected chi connectivity index (χ1v) is 11.2. The lowest BCUT2D eigenvalue weighted by molar-refractivity contribution is -0.138. The molecule has 2 heterocycles. The summed E-state index contributed by atoms with van der Waals surface area (Å²) in [4.78, 5) is 14.3. The number of rotatable bonds is 15. The van der Waals surface area contributed by atoms with Gasteiger partial charge in [0.1, 0.15) is 23.9 Å². The summed E-state index contributed by atoms with van der Waals surface area (Å²) in [6.45, 7) is 11.0. The number of aromatic amines is 1. The number of H-pyrrole nitrogens is 1. The summed E-state index contributed by atoms with van der Waals surface area (Å²) in [5, 5.41) is 0. The lowest BCUT2D eigenvalue weighted by atomic mass is 9.90. The predicted octanol–water partition coefficient (Wildman–Crippen LogP) is 4.84. The zero-order valence-corrected chi connectivity index (χ0v) is 18.6. The predicted molar refractivity (Wildman–Crippen MR) is 113 cm³/mol. The van der Waals surface area contributed by atoms with Crippen LogP contribution in [-0.2, 0) is 18.9 Å². The van der Waals surface area contributed by atoms with Gasteiger partial charge in [-0.1, -0.05) is 40.0 Å². The monoisotopic (exact) mass is 409 g/mol. The second-order valence-corrected chi connectivity index (χ2v) is 8.00. The molecule has 0 saturated carbocycles. The first-order chi connectivity index (χ1) is 14.1. The third kappa shape index (κ3) is 6.38. The molecule has 0 bridgehead atoms. The molecule has 1 aromatic rings. The van der Waals surface area contributed by atoms with E-state index in [4.69, 9.17) is 18.9 Å². The van der Waals surface area contributed by atoms with Crippen molar-refractivity contribution in [3.8, 4) is 0 Å². The minimum absolute atomic E-state index is 0.219. The molecule has 6 heteroatoms. The standard InChI is InChI=1S/C23H39NO5/c1-5-8-13-26-17-20-22(27-14-9-6-2)23(4,28-15-10-7-3)21(29-20)19-12-11-18(16-25)24-19/h11-12,16,20-22,24H,5-10,13-15,17H2,1-4H3/t20-,21?,22-,23+/m1/s1. The van der Waals surface area contributed by atoms with Crippen LogP contribution in [0.4, 0.5) is 0 Å². The first-order valence-electron chi connectivity index (χ1n) is 11.2. The fourth-order valence-electron chi connectivity index (χ4n) is 3.73. The van der Waals surface area contributed by atoms with E-state index in [1.54, 1.807) is 6.07 Å². The number of nitrogens with one attached hydrogen (secondary N) is 1. The van der Waals surface area contributed by atoms with Crippen molar-refractivity contribution in [2.75, 3.05) is 26.4 Å². The maximum absolute atomic E-state index is 11.2. The fourth-order valence-corrected chi connectivity index (χ4v) is 3.73. The zero-order chi connectivity index (χ0) is 21.1. The molecule has 1 saturated heterocycles. The van der Waals surface area contributed by atoms with Crippen molar-refractivity contribution in [2.45, 2.75) is 90.1 Å². The van der Waals surface area contributed by atoms with E-state index in [0.29, 0.717) is 32.1 Å². The molecule has 1 aliphatic rings. The van der Waals surface area contributed by atoms with Crippen LogP contribution in [0, 0.1) is 0 Å². The third-order valence-corrected chi connectivity index (χ3v) is 5.51. The van der Waals surface area contributed by atoms with Gasteiger partial charge in [0.05, 0.1) is 12.3 Å².